The first kappa shape index (κ1) is 18.5. The molecular weight excluding hydrogens is 343 g/mol. The number of anilines is 2. The lowest BCUT2D eigenvalue weighted by Crippen LogP contribution is -2.26. The molecule has 27 heavy (non-hydrogen) atoms. The van der Waals surface area contributed by atoms with E-state index in [0.29, 0.717) is 30.4 Å². The van der Waals surface area contributed by atoms with Crippen molar-refractivity contribution < 1.29 is 9.18 Å². The van der Waals surface area contributed by atoms with Gasteiger partial charge in [0.25, 0.3) is 5.91 Å². The smallest absolute Gasteiger partial charge is 0.270 e. The molecule has 1 heterocycles. The van der Waals surface area contributed by atoms with Crippen LogP contribution in [0.3, 0.4) is 0 Å². The molecule has 2 aromatic carbocycles. The Morgan fingerprint density at radius 1 is 1.07 bits per heavy atom. The van der Waals surface area contributed by atoms with Gasteiger partial charge >= 0.3 is 0 Å². The van der Waals surface area contributed by atoms with Gasteiger partial charge in [0.2, 0.25) is 5.95 Å². The summed E-state index contributed by atoms with van der Waals surface area (Å²) >= 11 is 0. The third-order valence-electron chi connectivity index (χ3n) is 4.07. The molecule has 1 amide bonds. The van der Waals surface area contributed by atoms with Crippen molar-refractivity contribution in [2.45, 2.75) is 20.4 Å². The Labute approximate surface area is 157 Å². The summed E-state index contributed by atoms with van der Waals surface area (Å²) < 4.78 is 13.0. The van der Waals surface area contributed by atoms with Crippen LogP contribution >= 0.6 is 0 Å². The molecule has 1 aromatic heterocycles. The number of para-hydroxylation sites is 1. The van der Waals surface area contributed by atoms with Crippen LogP contribution in [-0.2, 0) is 6.54 Å². The lowest BCUT2D eigenvalue weighted by molar-refractivity contribution is 0.0945. The number of aryl methyl sites for hydroxylation is 1. The lowest BCUT2D eigenvalue weighted by atomic mass is 10.2. The number of carbonyl (C=O) groups is 1. The number of nitrogens with zero attached hydrogens (tertiary/aromatic N) is 3. The highest BCUT2D eigenvalue weighted by atomic mass is 19.1. The van der Waals surface area contributed by atoms with Crippen molar-refractivity contribution in [2.75, 3.05) is 11.4 Å². The number of aromatic nitrogens is 2. The molecule has 0 aliphatic heterocycles. The molecule has 0 atom stereocenters. The van der Waals surface area contributed by atoms with Gasteiger partial charge in [-0.2, -0.15) is 0 Å². The fourth-order valence-corrected chi connectivity index (χ4v) is 2.71. The zero-order valence-corrected chi connectivity index (χ0v) is 15.3. The fraction of sp³-hybridized carbons (Fsp3) is 0.190. The summed E-state index contributed by atoms with van der Waals surface area (Å²) in [7, 11) is 0. The average molecular weight is 364 g/mol. The maximum absolute atomic E-state index is 13.0. The number of amides is 1. The normalized spacial score (nSPS) is 10.5. The second kappa shape index (κ2) is 8.40. The summed E-state index contributed by atoms with van der Waals surface area (Å²) in [5.41, 5.74) is 2.79. The number of carbonyl (C=O) groups excluding carboxylic acids is 1. The first-order chi connectivity index (χ1) is 13.1. The molecule has 138 valence electrons. The number of halogens is 1. The summed E-state index contributed by atoms with van der Waals surface area (Å²) in [4.78, 5) is 23.4. The highest BCUT2D eigenvalue weighted by Gasteiger charge is 2.15. The van der Waals surface area contributed by atoms with Gasteiger partial charge in [-0.25, -0.2) is 14.4 Å². The Morgan fingerprint density at radius 3 is 2.44 bits per heavy atom. The Kier molecular flexibility index (Phi) is 5.76. The van der Waals surface area contributed by atoms with E-state index < -0.39 is 0 Å². The van der Waals surface area contributed by atoms with Gasteiger partial charge in [-0.15, -0.1) is 0 Å². The summed E-state index contributed by atoms with van der Waals surface area (Å²) in [6.45, 7) is 4.81. The van der Waals surface area contributed by atoms with Crippen LogP contribution < -0.4 is 10.2 Å². The molecule has 0 aliphatic rings. The Bertz CT molecular complexity index is 913. The van der Waals surface area contributed by atoms with E-state index in [-0.39, 0.29) is 11.7 Å². The van der Waals surface area contributed by atoms with Gasteiger partial charge in [-0.3, -0.25) is 4.79 Å². The van der Waals surface area contributed by atoms with Crippen LogP contribution in [0.1, 0.15) is 28.7 Å². The van der Waals surface area contributed by atoms with E-state index in [1.807, 2.05) is 49.1 Å². The van der Waals surface area contributed by atoms with Gasteiger partial charge in [0.05, 0.1) is 0 Å². The van der Waals surface area contributed by atoms with Crippen molar-refractivity contribution in [3.05, 3.63) is 83.4 Å². The van der Waals surface area contributed by atoms with E-state index in [2.05, 4.69) is 15.3 Å². The van der Waals surface area contributed by atoms with E-state index in [9.17, 15) is 9.18 Å². The molecule has 6 heteroatoms. The molecule has 1 N–H and O–H groups in total. The van der Waals surface area contributed by atoms with Crippen LogP contribution in [0.4, 0.5) is 16.0 Å². The topological polar surface area (TPSA) is 58.1 Å². The van der Waals surface area contributed by atoms with Crippen LogP contribution in [0.15, 0.2) is 60.7 Å². The molecule has 0 aliphatic carbocycles. The maximum Gasteiger partial charge on any atom is 0.270 e. The molecule has 0 saturated heterocycles. The van der Waals surface area contributed by atoms with Gasteiger partial charge in [-0.1, -0.05) is 30.3 Å². The third-order valence-corrected chi connectivity index (χ3v) is 4.07. The van der Waals surface area contributed by atoms with Crippen molar-refractivity contribution in [1.82, 2.24) is 15.3 Å². The van der Waals surface area contributed by atoms with Gasteiger partial charge in [-0.05, 0) is 49.7 Å². The number of rotatable bonds is 6. The van der Waals surface area contributed by atoms with E-state index in [1.54, 1.807) is 18.2 Å². The van der Waals surface area contributed by atoms with Crippen molar-refractivity contribution in [1.29, 1.82) is 0 Å². The summed E-state index contributed by atoms with van der Waals surface area (Å²) in [5, 5.41) is 2.82. The molecule has 0 bridgehead atoms. The summed E-state index contributed by atoms with van der Waals surface area (Å²) in [6, 6.07) is 17.5. The second-order valence-corrected chi connectivity index (χ2v) is 6.08. The molecule has 0 unspecified atom stereocenters. The van der Waals surface area contributed by atoms with Crippen molar-refractivity contribution in [3.8, 4) is 0 Å². The largest absolute Gasteiger partial charge is 0.347 e. The number of benzene rings is 2. The van der Waals surface area contributed by atoms with Crippen LogP contribution in [0, 0.1) is 12.7 Å². The molecular formula is C21H21FN4O. The molecule has 0 radical (unpaired) electrons. The molecule has 0 fully saturated rings. The monoisotopic (exact) mass is 364 g/mol. The Balaban J connectivity index is 1.79. The van der Waals surface area contributed by atoms with Crippen molar-refractivity contribution >= 4 is 17.5 Å². The third kappa shape index (κ3) is 4.67. The van der Waals surface area contributed by atoms with Crippen LogP contribution in [0.5, 0.6) is 0 Å². The van der Waals surface area contributed by atoms with Gasteiger partial charge in [0.15, 0.2) is 0 Å². The van der Waals surface area contributed by atoms with Crippen LogP contribution in [0.2, 0.25) is 0 Å². The molecule has 3 aromatic rings. The summed E-state index contributed by atoms with van der Waals surface area (Å²) in [6.07, 6.45) is 0. The fourth-order valence-electron chi connectivity index (χ4n) is 2.71. The minimum absolute atomic E-state index is 0.296. The van der Waals surface area contributed by atoms with E-state index in [0.717, 1.165) is 11.3 Å². The average Bonchev–Trinajstić information content (AvgIpc) is 2.68. The predicted octanol–water partition coefficient (Wildman–Crippen LogP) is 4.01. The molecule has 0 saturated carbocycles. The van der Waals surface area contributed by atoms with Gasteiger partial charge < -0.3 is 10.2 Å². The number of hydrogen-bond donors (Lipinski definition) is 1. The Hall–Kier alpha value is -3.28. The highest BCUT2D eigenvalue weighted by molar-refractivity contribution is 5.92. The Morgan fingerprint density at radius 2 is 1.78 bits per heavy atom. The number of hydrogen-bond acceptors (Lipinski definition) is 4. The van der Waals surface area contributed by atoms with Crippen molar-refractivity contribution in [3.63, 3.8) is 0 Å². The molecule has 0 spiro atoms. The molecule has 3 rings (SSSR count). The lowest BCUT2D eigenvalue weighted by Gasteiger charge is -2.21. The van der Waals surface area contributed by atoms with Gasteiger partial charge in [0, 0.05) is 24.5 Å². The zero-order valence-electron chi connectivity index (χ0n) is 15.3. The first-order valence-corrected chi connectivity index (χ1v) is 8.77. The predicted molar refractivity (Wildman–Crippen MR) is 103 cm³/mol. The summed E-state index contributed by atoms with van der Waals surface area (Å²) in [5.74, 6) is -0.118. The first-order valence-electron chi connectivity index (χ1n) is 8.77. The minimum atomic E-state index is -0.304. The van der Waals surface area contributed by atoms with E-state index in [4.69, 9.17) is 0 Å². The second-order valence-electron chi connectivity index (χ2n) is 6.08. The van der Waals surface area contributed by atoms with E-state index >= 15 is 0 Å². The van der Waals surface area contributed by atoms with Gasteiger partial charge in [0.1, 0.15) is 11.5 Å². The molecule has 5 nitrogen and oxygen atoms in total. The van der Waals surface area contributed by atoms with Crippen LogP contribution in [0.25, 0.3) is 0 Å². The number of nitrogens with one attached hydrogen (secondary N) is 1. The highest BCUT2D eigenvalue weighted by Crippen LogP contribution is 2.22. The SMILES string of the molecule is CCN(c1ccccc1)c1nc(C)cc(C(=O)NCc2ccc(F)cc2)n1. The van der Waals surface area contributed by atoms with E-state index in [1.165, 1.54) is 12.1 Å². The van der Waals surface area contributed by atoms with Crippen molar-refractivity contribution in [2.24, 2.45) is 0 Å². The quantitative estimate of drug-likeness (QED) is 0.718. The van der Waals surface area contributed by atoms with Crippen LogP contribution in [-0.4, -0.2) is 22.4 Å². The maximum atomic E-state index is 13.0. The minimum Gasteiger partial charge on any atom is -0.347 e. The zero-order chi connectivity index (χ0) is 19.2. The standard InChI is InChI=1S/C21H21FN4O/c1-3-26(18-7-5-4-6-8-18)21-24-15(2)13-19(25-21)20(27)23-14-16-9-11-17(22)12-10-16/h4-13H,3,14H2,1-2H3,(H,23,27).